The van der Waals surface area contributed by atoms with E-state index in [0.717, 1.165) is 22.7 Å². The number of likely N-dealkylation sites (tertiary alicyclic amines) is 1. The van der Waals surface area contributed by atoms with Gasteiger partial charge < -0.3 is 14.6 Å². The van der Waals surface area contributed by atoms with Crippen molar-refractivity contribution in [3.63, 3.8) is 0 Å². The third-order valence-corrected chi connectivity index (χ3v) is 4.92. The lowest BCUT2D eigenvalue weighted by Crippen LogP contribution is -2.44. The number of hydrogen-bond donors (Lipinski definition) is 1. The van der Waals surface area contributed by atoms with Crippen LogP contribution in [0.4, 0.5) is 0 Å². The van der Waals surface area contributed by atoms with Crippen LogP contribution in [0.1, 0.15) is 23.2 Å². The maximum atomic E-state index is 13.1. The number of rotatable bonds is 3. The van der Waals surface area contributed by atoms with Gasteiger partial charge >= 0.3 is 6.01 Å². The second-order valence-electron chi connectivity index (χ2n) is 6.41. The number of halogens is 1. The Bertz CT molecular complexity index is 1040. The van der Waals surface area contributed by atoms with E-state index < -0.39 is 0 Å². The Hall–Kier alpha value is -2.74. The molecule has 0 radical (unpaired) electrons. The Balaban J connectivity index is 1.55. The van der Waals surface area contributed by atoms with E-state index in [9.17, 15) is 9.59 Å². The van der Waals surface area contributed by atoms with E-state index in [0.29, 0.717) is 30.2 Å². The summed E-state index contributed by atoms with van der Waals surface area (Å²) in [6, 6.07) is 8.97. The molecule has 0 saturated carbocycles. The molecule has 0 bridgehead atoms. The molecular formula is C19H17BrN4O3. The van der Waals surface area contributed by atoms with Crippen LogP contribution in [0.2, 0.25) is 0 Å². The minimum Gasteiger partial charge on any atom is -0.458 e. The highest BCUT2D eigenvalue weighted by Crippen LogP contribution is 2.21. The van der Waals surface area contributed by atoms with Gasteiger partial charge in [0, 0.05) is 35.9 Å². The zero-order valence-corrected chi connectivity index (χ0v) is 16.0. The number of amides is 1. The zero-order valence-electron chi connectivity index (χ0n) is 14.4. The van der Waals surface area contributed by atoms with E-state index in [2.05, 4.69) is 30.9 Å². The number of H-pyrrole nitrogens is 1. The normalized spacial score (nSPS) is 17.1. The van der Waals surface area contributed by atoms with Gasteiger partial charge in [0.2, 0.25) is 5.56 Å². The second kappa shape index (κ2) is 7.48. The van der Waals surface area contributed by atoms with Gasteiger partial charge in [0.05, 0.1) is 16.6 Å². The van der Waals surface area contributed by atoms with Gasteiger partial charge in [-0.1, -0.05) is 18.2 Å². The standard InChI is InChI=1S/C19H17BrN4O3/c20-12-9-21-19(22-10-12)27-13-4-3-7-24(11-13)18(26)15-8-17(25)23-16-6-2-1-5-14(15)16/h1-2,5-6,8-10,13H,3-4,7,11H2,(H,23,25). The Morgan fingerprint density at radius 1 is 1.26 bits per heavy atom. The molecule has 1 unspecified atom stereocenters. The van der Waals surface area contributed by atoms with E-state index in [-0.39, 0.29) is 17.6 Å². The van der Waals surface area contributed by atoms with Crippen LogP contribution in [0.15, 0.2) is 52.0 Å². The van der Waals surface area contributed by atoms with E-state index in [4.69, 9.17) is 4.74 Å². The van der Waals surface area contributed by atoms with Crippen molar-refractivity contribution in [2.45, 2.75) is 18.9 Å². The average molecular weight is 429 g/mol. The first kappa shape index (κ1) is 17.7. The molecule has 1 atom stereocenters. The van der Waals surface area contributed by atoms with Gasteiger partial charge in [-0.3, -0.25) is 9.59 Å². The molecule has 27 heavy (non-hydrogen) atoms. The first-order valence-electron chi connectivity index (χ1n) is 8.66. The molecule has 1 aromatic carbocycles. The number of fused-ring (bicyclic) bond motifs is 1. The molecule has 138 valence electrons. The number of nitrogens with zero attached hydrogens (tertiary/aromatic N) is 3. The largest absolute Gasteiger partial charge is 0.458 e. The van der Waals surface area contributed by atoms with Crippen molar-refractivity contribution in [1.29, 1.82) is 0 Å². The number of aromatic nitrogens is 3. The predicted octanol–water partition coefficient (Wildman–Crippen LogP) is 2.76. The summed E-state index contributed by atoms with van der Waals surface area (Å²) in [6.07, 6.45) is 4.69. The highest BCUT2D eigenvalue weighted by molar-refractivity contribution is 9.10. The number of piperidine rings is 1. The SMILES string of the molecule is O=C(c1cc(=O)[nH]c2ccccc12)N1CCCC(Oc2ncc(Br)cn2)C1. The number of ether oxygens (including phenoxy) is 1. The molecule has 0 spiro atoms. The molecule has 1 amide bonds. The second-order valence-corrected chi connectivity index (χ2v) is 7.33. The average Bonchev–Trinajstić information content (AvgIpc) is 2.69. The monoisotopic (exact) mass is 428 g/mol. The van der Waals surface area contributed by atoms with Crippen molar-refractivity contribution in [3.8, 4) is 6.01 Å². The van der Waals surface area contributed by atoms with Crippen LogP contribution < -0.4 is 10.3 Å². The summed E-state index contributed by atoms with van der Waals surface area (Å²) in [5.41, 5.74) is 0.779. The van der Waals surface area contributed by atoms with Crippen LogP contribution >= 0.6 is 15.9 Å². The Morgan fingerprint density at radius 3 is 2.85 bits per heavy atom. The summed E-state index contributed by atoms with van der Waals surface area (Å²) in [5.74, 6) is -0.165. The number of nitrogens with one attached hydrogen (secondary N) is 1. The van der Waals surface area contributed by atoms with Crippen LogP contribution in [-0.4, -0.2) is 45.0 Å². The molecule has 1 fully saturated rings. The molecule has 7 nitrogen and oxygen atoms in total. The third-order valence-electron chi connectivity index (χ3n) is 4.52. The Morgan fingerprint density at radius 2 is 2.04 bits per heavy atom. The first-order chi connectivity index (χ1) is 13.1. The number of carbonyl (C=O) groups is 1. The van der Waals surface area contributed by atoms with Gasteiger partial charge in [-0.2, -0.15) is 0 Å². The quantitative estimate of drug-likeness (QED) is 0.692. The lowest BCUT2D eigenvalue weighted by atomic mass is 10.0. The molecule has 8 heteroatoms. The molecule has 3 aromatic rings. The summed E-state index contributed by atoms with van der Waals surface area (Å²) in [4.78, 5) is 37.8. The summed E-state index contributed by atoms with van der Waals surface area (Å²) in [7, 11) is 0. The summed E-state index contributed by atoms with van der Waals surface area (Å²) >= 11 is 3.29. The molecule has 1 saturated heterocycles. The van der Waals surface area contributed by atoms with E-state index in [1.807, 2.05) is 18.2 Å². The lowest BCUT2D eigenvalue weighted by molar-refractivity contribution is 0.0517. The molecule has 1 aliphatic rings. The van der Waals surface area contributed by atoms with Gasteiger partial charge in [0.1, 0.15) is 6.10 Å². The lowest BCUT2D eigenvalue weighted by Gasteiger charge is -2.32. The summed E-state index contributed by atoms with van der Waals surface area (Å²) in [5, 5.41) is 0.737. The number of carbonyl (C=O) groups excluding carboxylic acids is 1. The number of pyridine rings is 1. The van der Waals surface area contributed by atoms with Crippen molar-refractivity contribution < 1.29 is 9.53 Å². The minimum atomic E-state index is -0.287. The van der Waals surface area contributed by atoms with Gasteiger partial charge in [0.25, 0.3) is 5.91 Å². The molecule has 2 aromatic heterocycles. The Kier molecular flexibility index (Phi) is 4.89. The van der Waals surface area contributed by atoms with Crippen LogP contribution in [0.25, 0.3) is 10.9 Å². The van der Waals surface area contributed by atoms with Crippen LogP contribution in [0.5, 0.6) is 6.01 Å². The molecule has 4 rings (SSSR count). The van der Waals surface area contributed by atoms with Gasteiger partial charge in [-0.25, -0.2) is 9.97 Å². The van der Waals surface area contributed by atoms with E-state index >= 15 is 0 Å². The fourth-order valence-electron chi connectivity index (χ4n) is 3.28. The van der Waals surface area contributed by atoms with Gasteiger partial charge in [-0.05, 0) is 34.8 Å². The van der Waals surface area contributed by atoms with Crippen molar-refractivity contribution in [2.24, 2.45) is 0 Å². The van der Waals surface area contributed by atoms with E-state index in [1.165, 1.54) is 6.07 Å². The fraction of sp³-hybridized carbons (Fsp3) is 0.263. The number of hydrogen-bond acceptors (Lipinski definition) is 5. The van der Waals surface area contributed by atoms with Gasteiger partial charge in [-0.15, -0.1) is 0 Å². The minimum absolute atomic E-state index is 0.165. The zero-order chi connectivity index (χ0) is 18.8. The number of aromatic amines is 1. The van der Waals surface area contributed by atoms with Crippen molar-refractivity contribution in [1.82, 2.24) is 19.9 Å². The number of para-hydroxylation sites is 1. The summed E-state index contributed by atoms with van der Waals surface area (Å²) < 4.78 is 6.61. The fourth-order valence-corrected chi connectivity index (χ4v) is 3.49. The maximum absolute atomic E-state index is 13.1. The molecule has 1 aliphatic heterocycles. The third kappa shape index (κ3) is 3.85. The number of benzene rings is 1. The first-order valence-corrected chi connectivity index (χ1v) is 9.45. The smallest absolute Gasteiger partial charge is 0.316 e. The Labute approximate surface area is 163 Å². The molecular weight excluding hydrogens is 412 g/mol. The van der Waals surface area contributed by atoms with Crippen molar-refractivity contribution >= 4 is 32.7 Å². The highest BCUT2D eigenvalue weighted by atomic mass is 79.9. The maximum Gasteiger partial charge on any atom is 0.316 e. The van der Waals surface area contributed by atoms with Crippen LogP contribution in [-0.2, 0) is 0 Å². The topological polar surface area (TPSA) is 88.2 Å². The van der Waals surface area contributed by atoms with E-state index in [1.54, 1.807) is 23.4 Å². The van der Waals surface area contributed by atoms with Crippen LogP contribution in [0, 0.1) is 0 Å². The van der Waals surface area contributed by atoms with Gasteiger partial charge in [0.15, 0.2) is 0 Å². The molecule has 3 heterocycles. The van der Waals surface area contributed by atoms with Crippen molar-refractivity contribution in [3.05, 3.63) is 63.1 Å². The van der Waals surface area contributed by atoms with Crippen molar-refractivity contribution in [2.75, 3.05) is 13.1 Å². The van der Waals surface area contributed by atoms with Crippen LogP contribution in [0.3, 0.4) is 0 Å². The molecule has 1 N–H and O–H groups in total. The molecule has 0 aliphatic carbocycles. The summed E-state index contributed by atoms with van der Waals surface area (Å²) in [6.45, 7) is 1.06. The highest BCUT2D eigenvalue weighted by Gasteiger charge is 2.27. The predicted molar refractivity (Wildman–Crippen MR) is 104 cm³/mol.